The standard InChI is InChI=1S/C27H22Cl2F3N5O3S/c1-40-20-8-5-16(6-9-20)11-24(38)33-14-23-35-36-26(37(23)19-4-2-3-18(28)13-19)41-15-25(39)34-22-12-17(27(30,31)32)7-10-21(22)29/h2-10,12-13H,11,14-15H2,1H3,(H,33,38)(H,34,39). The molecular weight excluding hydrogens is 602 g/mol. The van der Waals surface area contributed by atoms with Crippen LogP contribution in [0.4, 0.5) is 18.9 Å². The molecule has 214 valence electrons. The van der Waals surface area contributed by atoms with E-state index in [1.54, 1.807) is 60.2 Å². The van der Waals surface area contributed by atoms with Gasteiger partial charge in [-0.05, 0) is 54.1 Å². The normalized spacial score (nSPS) is 11.3. The molecule has 2 N–H and O–H groups in total. The highest BCUT2D eigenvalue weighted by molar-refractivity contribution is 7.99. The molecule has 4 rings (SSSR count). The number of ether oxygens (including phenoxy) is 1. The first kappa shape index (κ1) is 30.2. The summed E-state index contributed by atoms with van der Waals surface area (Å²) in [7, 11) is 1.56. The van der Waals surface area contributed by atoms with Crippen LogP contribution < -0.4 is 15.4 Å². The van der Waals surface area contributed by atoms with Gasteiger partial charge in [0.25, 0.3) is 0 Å². The van der Waals surface area contributed by atoms with Crippen LogP contribution in [0.5, 0.6) is 5.75 Å². The number of nitrogens with zero attached hydrogens (tertiary/aromatic N) is 3. The number of anilines is 1. The summed E-state index contributed by atoms with van der Waals surface area (Å²) in [4.78, 5) is 25.2. The molecule has 4 aromatic rings. The Kier molecular flexibility index (Phi) is 9.79. The fourth-order valence-electron chi connectivity index (χ4n) is 3.67. The highest BCUT2D eigenvalue weighted by Crippen LogP contribution is 2.34. The van der Waals surface area contributed by atoms with Crippen LogP contribution in [-0.2, 0) is 28.7 Å². The molecule has 0 radical (unpaired) electrons. The Morgan fingerprint density at radius 3 is 2.44 bits per heavy atom. The van der Waals surface area contributed by atoms with Gasteiger partial charge in [0.15, 0.2) is 11.0 Å². The molecule has 0 aliphatic rings. The number of carbonyl (C=O) groups excluding carboxylic acids is 2. The van der Waals surface area contributed by atoms with E-state index < -0.39 is 17.6 Å². The predicted molar refractivity (Wildman–Crippen MR) is 151 cm³/mol. The Morgan fingerprint density at radius 2 is 1.76 bits per heavy atom. The molecule has 14 heteroatoms. The highest BCUT2D eigenvalue weighted by Gasteiger charge is 2.31. The van der Waals surface area contributed by atoms with E-state index in [0.717, 1.165) is 35.5 Å². The van der Waals surface area contributed by atoms with Crippen LogP contribution in [0.3, 0.4) is 0 Å². The minimum Gasteiger partial charge on any atom is -0.497 e. The molecule has 1 aromatic heterocycles. The number of thioether (sulfide) groups is 1. The molecule has 0 saturated heterocycles. The fourth-order valence-corrected chi connectivity index (χ4v) is 4.79. The van der Waals surface area contributed by atoms with Gasteiger partial charge in [-0.2, -0.15) is 13.2 Å². The number of hydrogen-bond donors (Lipinski definition) is 2. The molecule has 0 bridgehead atoms. The number of nitrogens with one attached hydrogen (secondary N) is 2. The average molecular weight is 624 g/mol. The molecule has 0 saturated carbocycles. The predicted octanol–water partition coefficient (Wildman–Crippen LogP) is 6.19. The average Bonchev–Trinajstić information content (AvgIpc) is 3.34. The van der Waals surface area contributed by atoms with Crippen LogP contribution in [0.1, 0.15) is 17.0 Å². The first-order chi connectivity index (χ1) is 19.5. The van der Waals surface area contributed by atoms with Crippen molar-refractivity contribution in [2.75, 3.05) is 18.2 Å². The lowest BCUT2D eigenvalue weighted by Gasteiger charge is -2.13. The molecule has 41 heavy (non-hydrogen) atoms. The number of amides is 2. The van der Waals surface area contributed by atoms with Gasteiger partial charge in [-0.3, -0.25) is 14.2 Å². The van der Waals surface area contributed by atoms with E-state index in [2.05, 4.69) is 20.8 Å². The molecule has 2 amide bonds. The van der Waals surface area contributed by atoms with Crippen molar-refractivity contribution in [3.63, 3.8) is 0 Å². The van der Waals surface area contributed by atoms with E-state index in [-0.39, 0.29) is 35.3 Å². The second kappa shape index (κ2) is 13.3. The summed E-state index contributed by atoms with van der Waals surface area (Å²) in [5.41, 5.74) is 0.279. The molecule has 0 fully saturated rings. The van der Waals surface area contributed by atoms with E-state index in [1.807, 2.05) is 0 Å². The van der Waals surface area contributed by atoms with Crippen LogP contribution in [0.15, 0.2) is 71.9 Å². The Balaban J connectivity index is 1.46. The van der Waals surface area contributed by atoms with Crippen LogP contribution >= 0.6 is 35.0 Å². The van der Waals surface area contributed by atoms with Crippen LogP contribution in [-0.4, -0.2) is 39.4 Å². The largest absolute Gasteiger partial charge is 0.497 e. The quantitative estimate of drug-likeness (QED) is 0.204. The van der Waals surface area contributed by atoms with Crippen molar-refractivity contribution in [3.05, 3.63) is 93.7 Å². The molecule has 0 aliphatic heterocycles. The van der Waals surface area contributed by atoms with Crippen molar-refractivity contribution in [1.82, 2.24) is 20.1 Å². The third kappa shape index (κ3) is 8.15. The number of halogens is 5. The maximum absolute atomic E-state index is 13.1. The Bertz CT molecular complexity index is 1550. The van der Waals surface area contributed by atoms with Crippen molar-refractivity contribution in [1.29, 1.82) is 0 Å². The number of benzene rings is 3. The van der Waals surface area contributed by atoms with E-state index >= 15 is 0 Å². The van der Waals surface area contributed by atoms with Crippen LogP contribution in [0.25, 0.3) is 5.69 Å². The van der Waals surface area contributed by atoms with Gasteiger partial charge in [0.2, 0.25) is 11.8 Å². The van der Waals surface area contributed by atoms with Gasteiger partial charge in [-0.15, -0.1) is 10.2 Å². The summed E-state index contributed by atoms with van der Waals surface area (Å²) in [6, 6.07) is 16.6. The van der Waals surface area contributed by atoms with Crippen molar-refractivity contribution in [3.8, 4) is 11.4 Å². The first-order valence-corrected chi connectivity index (χ1v) is 13.7. The Labute approximate surface area is 247 Å². The van der Waals surface area contributed by atoms with Crippen molar-refractivity contribution < 1.29 is 27.5 Å². The maximum atomic E-state index is 13.1. The maximum Gasteiger partial charge on any atom is 0.416 e. The van der Waals surface area contributed by atoms with Crippen molar-refractivity contribution in [2.45, 2.75) is 24.3 Å². The summed E-state index contributed by atoms with van der Waals surface area (Å²) in [5.74, 6) is -0.0112. The Hall–Kier alpha value is -3.74. The lowest BCUT2D eigenvalue weighted by atomic mass is 10.1. The van der Waals surface area contributed by atoms with Crippen molar-refractivity contribution in [2.24, 2.45) is 0 Å². The molecule has 8 nitrogen and oxygen atoms in total. The zero-order chi connectivity index (χ0) is 29.6. The SMILES string of the molecule is COc1ccc(CC(=O)NCc2nnc(SCC(=O)Nc3cc(C(F)(F)F)ccc3Cl)n2-c2cccc(Cl)c2)cc1. The van der Waals surface area contributed by atoms with Crippen molar-refractivity contribution >= 4 is 52.5 Å². The number of carbonyl (C=O) groups is 2. The molecular formula is C27H22Cl2F3N5O3S. The van der Waals surface area contributed by atoms with Gasteiger partial charge in [-0.1, -0.05) is 53.2 Å². The number of hydrogen-bond acceptors (Lipinski definition) is 6. The summed E-state index contributed by atoms with van der Waals surface area (Å²) in [6.07, 6.45) is -4.46. The molecule has 0 unspecified atom stereocenters. The third-order valence-electron chi connectivity index (χ3n) is 5.63. The van der Waals surface area contributed by atoms with Crippen LogP contribution in [0.2, 0.25) is 10.0 Å². The van der Waals surface area contributed by atoms with Gasteiger partial charge < -0.3 is 15.4 Å². The lowest BCUT2D eigenvalue weighted by Crippen LogP contribution is -2.26. The summed E-state index contributed by atoms with van der Waals surface area (Å²) in [6.45, 7) is 0.0289. The highest BCUT2D eigenvalue weighted by atomic mass is 35.5. The summed E-state index contributed by atoms with van der Waals surface area (Å²) in [5, 5.41) is 14.3. The molecule has 1 heterocycles. The second-order valence-electron chi connectivity index (χ2n) is 8.54. The van der Waals surface area contributed by atoms with Gasteiger partial charge in [0.05, 0.1) is 47.8 Å². The fraction of sp³-hybridized carbons (Fsp3) is 0.185. The number of aromatic nitrogens is 3. The first-order valence-electron chi connectivity index (χ1n) is 11.9. The van der Waals surface area contributed by atoms with E-state index in [1.165, 1.54) is 0 Å². The smallest absolute Gasteiger partial charge is 0.416 e. The summed E-state index contributed by atoms with van der Waals surface area (Å²) < 4.78 is 46.0. The van der Waals surface area contributed by atoms with Gasteiger partial charge >= 0.3 is 6.18 Å². The van der Waals surface area contributed by atoms with E-state index in [4.69, 9.17) is 27.9 Å². The lowest BCUT2D eigenvalue weighted by molar-refractivity contribution is -0.137. The van der Waals surface area contributed by atoms with E-state index in [9.17, 15) is 22.8 Å². The van der Waals surface area contributed by atoms with Crippen LogP contribution in [0, 0.1) is 0 Å². The second-order valence-corrected chi connectivity index (χ2v) is 10.3. The summed E-state index contributed by atoms with van der Waals surface area (Å²) >= 11 is 13.2. The van der Waals surface area contributed by atoms with Gasteiger partial charge in [0, 0.05) is 5.02 Å². The minimum atomic E-state index is -4.59. The topological polar surface area (TPSA) is 98.1 Å². The monoisotopic (exact) mass is 623 g/mol. The molecule has 0 aliphatic carbocycles. The van der Waals surface area contributed by atoms with Gasteiger partial charge in [0.1, 0.15) is 5.75 Å². The number of methoxy groups -OCH3 is 1. The molecule has 3 aromatic carbocycles. The Morgan fingerprint density at radius 1 is 1.00 bits per heavy atom. The minimum absolute atomic E-state index is 0.0289. The third-order valence-corrected chi connectivity index (χ3v) is 7.13. The molecule has 0 spiro atoms. The zero-order valence-corrected chi connectivity index (χ0v) is 23.7. The number of alkyl halides is 3. The zero-order valence-electron chi connectivity index (χ0n) is 21.3. The number of rotatable bonds is 10. The molecule has 0 atom stereocenters. The van der Waals surface area contributed by atoms with Gasteiger partial charge in [-0.25, -0.2) is 0 Å². The van der Waals surface area contributed by atoms with E-state index in [0.29, 0.717) is 27.4 Å².